The van der Waals surface area contributed by atoms with Gasteiger partial charge in [-0.05, 0) is 84.1 Å². The average Bonchev–Trinajstić information content (AvgIpc) is 3.53. The molecule has 2 aliphatic carbocycles. The molecular formula is C41H40N6O. The SMILES string of the molecule is CNCCN(C)C(=O)c1ccc2nc(CN(C)c3nc4ccccc4cc3C3C=CC4=C(CCc5c4ccc4ccccc54)C3)[nH]c2c1. The van der Waals surface area contributed by atoms with Crippen molar-refractivity contribution in [2.45, 2.75) is 31.7 Å². The molecule has 1 atom stereocenters. The number of pyridine rings is 1. The number of benzene rings is 4. The van der Waals surface area contributed by atoms with Crippen molar-refractivity contribution in [2.75, 3.05) is 39.1 Å². The fraction of sp³-hybridized carbons (Fsp3) is 0.244. The van der Waals surface area contributed by atoms with Gasteiger partial charge in [0.25, 0.3) is 5.91 Å². The number of anilines is 1. The first-order chi connectivity index (χ1) is 23.5. The van der Waals surface area contributed by atoms with Crippen LogP contribution in [-0.2, 0) is 13.0 Å². The molecule has 0 spiro atoms. The Balaban J connectivity index is 1.09. The van der Waals surface area contributed by atoms with Crippen LogP contribution >= 0.6 is 0 Å². The summed E-state index contributed by atoms with van der Waals surface area (Å²) in [5.74, 6) is 2.03. The first-order valence-corrected chi connectivity index (χ1v) is 16.9. The molecule has 0 bridgehead atoms. The van der Waals surface area contributed by atoms with E-state index in [1.807, 2.05) is 38.4 Å². The van der Waals surface area contributed by atoms with E-state index in [0.29, 0.717) is 18.7 Å². The Morgan fingerprint density at radius 3 is 2.62 bits per heavy atom. The molecule has 48 heavy (non-hydrogen) atoms. The second-order valence-electron chi connectivity index (χ2n) is 13.2. The maximum Gasteiger partial charge on any atom is 0.253 e. The number of aromatic amines is 1. The Morgan fingerprint density at radius 1 is 0.917 bits per heavy atom. The van der Waals surface area contributed by atoms with Gasteiger partial charge >= 0.3 is 0 Å². The second kappa shape index (κ2) is 12.4. The molecular weight excluding hydrogens is 592 g/mol. The molecule has 1 amide bonds. The second-order valence-corrected chi connectivity index (χ2v) is 13.2. The van der Waals surface area contributed by atoms with Gasteiger partial charge in [-0.25, -0.2) is 9.97 Å². The van der Waals surface area contributed by atoms with Gasteiger partial charge in [-0.2, -0.15) is 0 Å². The van der Waals surface area contributed by atoms with Gasteiger partial charge in [0.15, 0.2) is 0 Å². The highest BCUT2D eigenvalue weighted by Crippen LogP contribution is 2.45. The number of carbonyl (C=O) groups is 1. The molecule has 7 heteroatoms. The van der Waals surface area contributed by atoms with Gasteiger partial charge in [0.2, 0.25) is 0 Å². The van der Waals surface area contributed by atoms with Crippen LogP contribution in [0.15, 0.2) is 103 Å². The third kappa shape index (κ3) is 5.44. The molecule has 0 aliphatic heterocycles. The summed E-state index contributed by atoms with van der Waals surface area (Å²) in [6.45, 7) is 1.95. The first-order valence-electron chi connectivity index (χ1n) is 16.9. The zero-order valence-corrected chi connectivity index (χ0v) is 27.8. The molecule has 240 valence electrons. The number of allylic oxidation sites excluding steroid dienone is 4. The fourth-order valence-electron chi connectivity index (χ4n) is 7.51. The lowest BCUT2D eigenvalue weighted by molar-refractivity contribution is 0.0797. The Labute approximate surface area is 281 Å². The van der Waals surface area contributed by atoms with Crippen LogP contribution in [-0.4, -0.2) is 60.0 Å². The van der Waals surface area contributed by atoms with Crippen molar-refractivity contribution in [1.29, 1.82) is 0 Å². The van der Waals surface area contributed by atoms with Gasteiger partial charge < -0.3 is 20.1 Å². The molecule has 1 unspecified atom stereocenters. The quantitative estimate of drug-likeness (QED) is 0.180. The Hall–Kier alpha value is -5.27. The lowest BCUT2D eigenvalue weighted by Gasteiger charge is -2.31. The minimum absolute atomic E-state index is 0.000891. The molecule has 2 heterocycles. The number of H-pyrrole nitrogens is 1. The van der Waals surface area contributed by atoms with Crippen molar-refractivity contribution in [3.05, 3.63) is 131 Å². The van der Waals surface area contributed by atoms with Gasteiger partial charge in [-0.1, -0.05) is 72.3 Å². The number of aromatic nitrogens is 3. The number of likely N-dealkylation sites (N-methyl/N-ethyl adjacent to an activating group) is 2. The number of fused-ring (bicyclic) bond motifs is 6. The molecule has 0 saturated carbocycles. The lowest BCUT2D eigenvalue weighted by atomic mass is 9.75. The van der Waals surface area contributed by atoms with Gasteiger partial charge in [0, 0.05) is 49.6 Å². The van der Waals surface area contributed by atoms with Crippen LogP contribution in [0.1, 0.15) is 51.6 Å². The van der Waals surface area contributed by atoms with Crippen molar-refractivity contribution in [1.82, 2.24) is 25.2 Å². The molecule has 4 aromatic carbocycles. The largest absolute Gasteiger partial charge is 0.352 e. The topological polar surface area (TPSA) is 77.2 Å². The summed E-state index contributed by atoms with van der Waals surface area (Å²) in [7, 11) is 5.82. The average molecular weight is 633 g/mol. The van der Waals surface area contributed by atoms with Crippen molar-refractivity contribution in [3.8, 4) is 0 Å². The number of amides is 1. The number of para-hydroxylation sites is 1. The molecule has 8 rings (SSSR count). The number of rotatable bonds is 8. The van der Waals surface area contributed by atoms with Crippen molar-refractivity contribution in [3.63, 3.8) is 0 Å². The molecule has 2 aliphatic rings. The fourth-order valence-corrected chi connectivity index (χ4v) is 7.51. The predicted molar refractivity (Wildman–Crippen MR) is 197 cm³/mol. The van der Waals surface area contributed by atoms with E-state index in [0.717, 1.165) is 59.4 Å². The number of nitrogens with zero attached hydrogens (tertiary/aromatic N) is 4. The number of nitrogens with one attached hydrogen (secondary N) is 2. The molecule has 0 saturated heterocycles. The van der Waals surface area contributed by atoms with E-state index in [1.54, 1.807) is 4.90 Å². The zero-order valence-electron chi connectivity index (χ0n) is 27.8. The van der Waals surface area contributed by atoms with E-state index in [2.05, 4.69) is 95.1 Å². The Morgan fingerprint density at radius 2 is 1.75 bits per heavy atom. The number of imidazole rings is 1. The smallest absolute Gasteiger partial charge is 0.253 e. The summed E-state index contributed by atoms with van der Waals surface area (Å²) < 4.78 is 0. The third-order valence-electron chi connectivity index (χ3n) is 10.1. The Kier molecular flexibility index (Phi) is 7.77. The number of hydrogen-bond donors (Lipinski definition) is 2. The van der Waals surface area contributed by atoms with Gasteiger partial charge in [-0.15, -0.1) is 0 Å². The molecule has 2 aromatic heterocycles. The monoisotopic (exact) mass is 632 g/mol. The van der Waals surface area contributed by atoms with Gasteiger partial charge in [-0.3, -0.25) is 4.79 Å². The van der Waals surface area contributed by atoms with Crippen LogP contribution in [0.3, 0.4) is 0 Å². The summed E-state index contributed by atoms with van der Waals surface area (Å²) in [5, 5.41) is 6.95. The lowest BCUT2D eigenvalue weighted by Crippen LogP contribution is -2.32. The van der Waals surface area contributed by atoms with Crippen molar-refractivity contribution < 1.29 is 4.79 Å². The molecule has 6 aromatic rings. The van der Waals surface area contributed by atoms with Crippen LogP contribution in [0, 0.1) is 0 Å². The predicted octanol–water partition coefficient (Wildman–Crippen LogP) is 7.64. The maximum absolute atomic E-state index is 13.0. The summed E-state index contributed by atoms with van der Waals surface area (Å²) >= 11 is 0. The normalized spacial score (nSPS) is 15.6. The van der Waals surface area contributed by atoms with E-state index in [9.17, 15) is 4.79 Å². The van der Waals surface area contributed by atoms with Crippen molar-refractivity contribution in [2.24, 2.45) is 0 Å². The zero-order chi connectivity index (χ0) is 32.8. The molecule has 7 nitrogen and oxygen atoms in total. The first kappa shape index (κ1) is 30.1. The highest BCUT2D eigenvalue weighted by molar-refractivity contribution is 5.97. The maximum atomic E-state index is 13.0. The van der Waals surface area contributed by atoms with E-state index in [-0.39, 0.29) is 11.8 Å². The third-order valence-corrected chi connectivity index (χ3v) is 10.1. The van der Waals surface area contributed by atoms with Crippen LogP contribution in [0.4, 0.5) is 5.82 Å². The standard InChI is InChI=1S/C41H40N6O/c1-42-20-21-46(2)41(48)30-15-19-37-38(24-30)44-39(43-37)25-47(3)40-35(23-29-9-5-7-11-36(29)45-40)28-13-16-32-27(22-28)14-18-33-31-10-6-4-8-26(31)12-17-34(32)33/h4-13,15-17,19,23-24,28,42H,14,18,20-22,25H2,1-3H3,(H,43,44). The summed E-state index contributed by atoms with van der Waals surface area (Å²) in [6, 6.07) is 29.8. The van der Waals surface area contributed by atoms with Gasteiger partial charge in [0.05, 0.1) is 23.1 Å². The van der Waals surface area contributed by atoms with E-state index in [4.69, 9.17) is 9.97 Å². The summed E-state index contributed by atoms with van der Waals surface area (Å²) in [5.41, 5.74) is 10.4. The minimum atomic E-state index is -0.000891. The van der Waals surface area contributed by atoms with E-state index >= 15 is 0 Å². The number of hydrogen-bond acceptors (Lipinski definition) is 5. The van der Waals surface area contributed by atoms with E-state index in [1.165, 1.54) is 38.6 Å². The van der Waals surface area contributed by atoms with E-state index < -0.39 is 0 Å². The van der Waals surface area contributed by atoms with Gasteiger partial charge in [0.1, 0.15) is 11.6 Å². The molecule has 2 N–H and O–H groups in total. The molecule has 0 radical (unpaired) electrons. The van der Waals surface area contributed by atoms with Crippen LogP contribution < -0.4 is 10.2 Å². The van der Waals surface area contributed by atoms with Crippen molar-refractivity contribution >= 4 is 50.0 Å². The highest BCUT2D eigenvalue weighted by atomic mass is 16.2. The van der Waals surface area contributed by atoms with Crippen LogP contribution in [0.5, 0.6) is 0 Å². The highest BCUT2D eigenvalue weighted by Gasteiger charge is 2.27. The minimum Gasteiger partial charge on any atom is -0.352 e. The van der Waals surface area contributed by atoms with Crippen LogP contribution in [0.2, 0.25) is 0 Å². The summed E-state index contributed by atoms with van der Waals surface area (Å²) in [4.78, 5) is 30.6. The molecule has 0 fully saturated rings. The number of carbonyl (C=O) groups excluding carboxylic acids is 1. The number of aryl methyl sites for hydroxylation is 1. The Bertz CT molecular complexity index is 2260. The summed E-state index contributed by atoms with van der Waals surface area (Å²) in [6.07, 6.45) is 7.90. The van der Waals surface area contributed by atoms with Crippen LogP contribution in [0.25, 0.3) is 38.3 Å².